The summed E-state index contributed by atoms with van der Waals surface area (Å²) in [7, 11) is -4.64. The normalized spacial score (nSPS) is 12.0. The van der Waals surface area contributed by atoms with Gasteiger partial charge < -0.3 is 24.6 Å². The second kappa shape index (κ2) is 10.2. The number of rotatable bonds is 0. The Labute approximate surface area is 253 Å². The average molecular weight is 613 g/mol. The molecule has 5 N–H and O–H groups in total. The summed E-state index contributed by atoms with van der Waals surface area (Å²) in [5.41, 5.74) is 6.45. The topological polar surface area (TPSA) is 187 Å². The maximum absolute atomic E-state index is 8.88. The fourth-order valence-electron chi connectivity index (χ4n) is 5.59. The van der Waals surface area contributed by atoms with Crippen LogP contribution in [0, 0.1) is 0 Å². The van der Waals surface area contributed by atoms with Crippen molar-refractivity contribution in [3.05, 3.63) is 97.1 Å². The molecule has 0 atom stereocenters. The predicted molar refractivity (Wildman–Crippen MR) is 170 cm³/mol. The SMILES string of the molecule is O=P(O)(O)O.c1ccc2c(c1)-c1nc-2nc2[nH]c(nc3nc(nc4[nH]c(n1)c1ccccc41)-c1ccccc1-3)c1ccccc21. The van der Waals surface area contributed by atoms with Crippen LogP contribution in [0.3, 0.4) is 0 Å². The minimum Gasteiger partial charge on any atom is -0.324 e. The van der Waals surface area contributed by atoms with Crippen molar-refractivity contribution in [3.63, 3.8) is 0 Å². The van der Waals surface area contributed by atoms with E-state index in [1.54, 1.807) is 0 Å². The van der Waals surface area contributed by atoms with E-state index in [1.165, 1.54) is 0 Å². The Morgan fingerprint density at radius 1 is 0.400 bits per heavy atom. The number of nitrogens with zero attached hydrogens (tertiary/aromatic N) is 6. The van der Waals surface area contributed by atoms with Gasteiger partial charge in [0, 0.05) is 43.8 Å². The van der Waals surface area contributed by atoms with E-state index >= 15 is 0 Å². The van der Waals surface area contributed by atoms with Gasteiger partial charge in [-0.2, -0.15) is 0 Å². The number of aromatic nitrogens is 8. The summed E-state index contributed by atoms with van der Waals surface area (Å²) in [4.78, 5) is 58.3. The average Bonchev–Trinajstić information content (AvgIpc) is 3.76. The van der Waals surface area contributed by atoms with Crippen molar-refractivity contribution in [1.82, 2.24) is 39.9 Å². The van der Waals surface area contributed by atoms with Gasteiger partial charge in [0.2, 0.25) is 0 Å². The molecular weight excluding hydrogens is 591 g/mol. The lowest BCUT2D eigenvalue weighted by molar-refractivity contribution is 0.275. The first kappa shape index (κ1) is 26.9. The smallest absolute Gasteiger partial charge is 0.324 e. The zero-order chi connectivity index (χ0) is 30.7. The molecule has 0 fully saturated rings. The summed E-state index contributed by atoms with van der Waals surface area (Å²) < 4.78 is 8.88. The molecule has 218 valence electrons. The lowest BCUT2D eigenvalue weighted by Gasteiger charge is -1.96. The molecule has 2 aliphatic heterocycles. The molecule has 9 rings (SSSR count). The third-order valence-corrected chi connectivity index (χ3v) is 7.46. The van der Waals surface area contributed by atoms with Gasteiger partial charge in [-0.15, -0.1) is 0 Å². The van der Waals surface area contributed by atoms with Crippen LogP contribution >= 0.6 is 7.82 Å². The summed E-state index contributed by atoms with van der Waals surface area (Å²) in [6, 6.07) is 32.2. The van der Waals surface area contributed by atoms with Gasteiger partial charge in [0.25, 0.3) is 0 Å². The molecular formula is C32H21N8O4P. The molecule has 0 saturated heterocycles. The number of hydrogen-bond donors (Lipinski definition) is 5. The van der Waals surface area contributed by atoms with Crippen LogP contribution in [0.25, 0.3) is 89.7 Å². The molecule has 0 amide bonds. The van der Waals surface area contributed by atoms with Gasteiger partial charge in [0.1, 0.15) is 22.6 Å². The summed E-state index contributed by atoms with van der Waals surface area (Å²) >= 11 is 0. The zero-order valence-corrected chi connectivity index (χ0v) is 24.0. The molecule has 45 heavy (non-hydrogen) atoms. The Balaban J connectivity index is 0.000000560. The lowest BCUT2D eigenvalue weighted by atomic mass is 10.1. The van der Waals surface area contributed by atoms with Gasteiger partial charge >= 0.3 is 7.82 Å². The molecule has 8 bridgehead atoms. The van der Waals surface area contributed by atoms with Crippen molar-refractivity contribution in [1.29, 1.82) is 0 Å². The van der Waals surface area contributed by atoms with E-state index in [0.717, 1.165) is 43.8 Å². The van der Waals surface area contributed by atoms with E-state index in [9.17, 15) is 0 Å². The minimum atomic E-state index is -4.64. The molecule has 12 nitrogen and oxygen atoms in total. The van der Waals surface area contributed by atoms with Crippen LogP contribution in [0.5, 0.6) is 0 Å². The quantitative estimate of drug-likeness (QED) is 0.128. The summed E-state index contributed by atoms with van der Waals surface area (Å²) in [6.07, 6.45) is 0. The van der Waals surface area contributed by atoms with Gasteiger partial charge in [-0.05, 0) is 0 Å². The Kier molecular flexibility index (Phi) is 6.12. The number of nitrogens with one attached hydrogen (secondary N) is 2. The largest absolute Gasteiger partial charge is 0.466 e. The van der Waals surface area contributed by atoms with E-state index < -0.39 is 7.82 Å². The monoisotopic (exact) mass is 612 g/mol. The van der Waals surface area contributed by atoms with Crippen LogP contribution < -0.4 is 0 Å². The third-order valence-electron chi connectivity index (χ3n) is 7.46. The lowest BCUT2D eigenvalue weighted by Crippen LogP contribution is -1.82. The molecule has 0 saturated carbocycles. The van der Waals surface area contributed by atoms with E-state index in [1.807, 2.05) is 97.1 Å². The molecule has 0 unspecified atom stereocenters. The van der Waals surface area contributed by atoms with Crippen molar-refractivity contribution in [2.24, 2.45) is 0 Å². The van der Waals surface area contributed by atoms with Crippen LogP contribution in [0.15, 0.2) is 97.1 Å². The Hall–Kier alpha value is -5.65. The van der Waals surface area contributed by atoms with Crippen LogP contribution in [-0.2, 0) is 4.57 Å². The molecule has 0 radical (unpaired) electrons. The number of aromatic amines is 2. The van der Waals surface area contributed by atoms with E-state index in [-0.39, 0.29) is 0 Å². The Morgan fingerprint density at radius 3 is 0.867 bits per heavy atom. The van der Waals surface area contributed by atoms with Crippen LogP contribution in [0.2, 0.25) is 0 Å². The highest BCUT2D eigenvalue weighted by atomic mass is 31.2. The van der Waals surface area contributed by atoms with Gasteiger partial charge in [0.15, 0.2) is 23.3 Å². The van der Waals surface area contributed by atoms with Gasteiger partial charge in [-0.3, -0.25) is 0 Å². The Morgan fingerprint density at radius 2 is 0.622 bits per heavy atom. The van der Waals surface area contributed by atoms with Crippen molar-refractivity contribution in [2.75, 3.05) is 0 Å². The molecule has 13 heteroatoms. The van der Waals surface area contributed by atoms with E-state index in [2.05, 4.69) is 9.97 Å². The van der Waals surface area contributed by atoms with Gasteiger partial charge in [-0.1, -0.05) is 97.1 Å². The first-order valence-corrected chi connectivity index (χ1v) is 15.3. The van der Waals surface area contributed by atoms with E-state index in [4.69, 9.17) is 49.1 Å². The van der Waals surface area contributed by atoms with Gasteiger partial charge in [0.05, 0.1) is 0 Å². The first-order valence-electron chi connectivity index (χ1n) is 13.8. The molecule has 3 aromatic heterocycles. The highest BCUT2D eigenvalue weighted by Crippen LogP contribution is 2.36. The molecule has 2 aliphatic rings. The van der Waals surface area contributed by atoms with Crippen LogP contribution in [-0.4, -0.2) is 54.6 Å². The van der Waals surface area contributed by atoms with E-state index in [0.29, 0.717) is 45.9 Å². The second-order valence-corrected chi connectivity index (χ2v) is 11.3. The highest BCUT2D eigenvalue weighted by molar-refractivity contribution is 7.45. The maximum atomic E-state index is 8.88. The van der Waals surface area contributed by atoms with Gasteiger partial charge in [-0.25, -0.2) is 34.5 Å². The standard InChI is InChI=1S/C32H18N8.H3O4P/c1-2-10-18-17(9-1)25-33-26(18)38-28-21-13-5-6-14-22(21)30(35-28)40-32-24-16-8-7-15-23(24)31(36-32)39-29-20-12-4-3-11-19(20)27(34-29)37-25;1-5(2,3)4/h1-16H,(H2,33,34,35,36,37,38,39,40);(H3,1,2,3,4). The second-order valence-electron chi connectivity index (χ2n) is 10.3. The van der Waals surface area contributed by atoms with Crippen molar-refractivity contribution in [3.8, 4) is 45.6 Å². The van der Waals surface area contributed by atoms with Crippen LogP contribution in [0.4, 0.5) is 0 Å². The van der Waals surface area contributed by atoms with Crippen molar-refractivity contribution < 1.29 is 19.2 Å². The third kappa shape index (κ3) is 4.84. The van der Waals surface area contributed by atoms with Crippen molar-refractivity contribution in [2.45, 2.75) is 0 Å². The zero-order valence-electron chi connectivity index (χ0n) is 23.1. The highest BCUT2D eigenvalue weighted by Gasteiger charge is 2.21. The Bertz CT molecular complexity index is 2210. The number of fused-ring (bicyclic) bond motifs is 20. The molecule has 7 aromatic rings. The number of H-pyrrole nitrogens is 2. The number of hydrogen-bond acceptors (Lipinski definition) is 7. The molecule has 4 aromatic carbocycles. The fraction of sp³-hybridized carbons (Fsp3) is 0. The van der Waals surface area contributed by atoms with Crippen molar-refractivity contribution >= 4 is 52.0 Å². The summed E-state index contributed by atoms with van der Waals surface area (Å²) in [5.74, 6) is 2.39. The minimum absolute atomic E-state index is 0.597. The summed E-state index contributed by atoms with van der Waals surface area (Å²) in [5, 5.41) is 3.82. The first-order chi connectivity index (χ1) is 21.8. The number of phosphoric acid groups is 1. The fourth-order valence-corrected chi connectivity index (χ4v) is 5.59. The molecule has 0 spiro atoms. The van der Waals surface area contributed by atoms with Crippen LogP contribution in [0.1, 0.15) is 0 Å². The molecule has 5 heterocycles. The molecule has 0 aliphatic carbocycles. The summed E-state index contributed by atoms with van der Waals surface area (Å²) in [6.45, 7) is 0. The maximum Gasteiger partial charge on any atom is 0.466 e. The number of benzene rings is 4. The predicted octanol–water partition coefficient (Wildman–Crippen LogP) is 5.94.